The van der Waals surface area contributed by atoms with Gasteiger partial charge in [0.1, 0.15) is 17.7 Å². The summed E-state index contributed by atoms with van der Waals surface area (Å²) in [5.41, 5.74) is 5.24. The molecule has 0 fully saturated rings. The summed E-state index contributed by atoms with van der Waals surface area (Å²) in [4.78, 5) is 11.1. The second kappa shape index (κ2) is 6.85. The van der Waals surface area contributed by atoms with Crippen molar-refractivity contribution in [2.24, 2.45) is 5.73 Å². The van der Waals surface area contributed by atoms with Crippen molar-refractivity contribution in [3.63, 3.8) is 0 Å². The molecule has 0 aromatic heterocycles. The monoisotopic (exact) mass is 240 g/mol. The predicted molar refractivity (Wildman–Crippen MR) is 63.2 cm³/mol. The Labute approximate surface area is 100.0 Å². The molecule has 0 aliphatic carbocycles. The quantitative estimate of drug-likeness (QED) is 0.781. The van der Waals surface area contributed by atoms with Crippen LogP contribution in [0.4, 0.5) is 4.39 Å². The van der Waals surface area contributed by atoms with Crippen molar-refractivity contribution < 1.29 is 13.9 Å². The van der Waals surface area contributed by atoms with E-state index in [4.69, 9.17) is 10.5 Å². The number of carbonyl (C=O) groups excluding carboxylic acids is 1. The van der Waals surface area contributed by atoms with E-state index in [0.29, 0.717) is 25.3 Å². The number of rotatable bonds is 6. The van der Waals surface area contributed by atoms with Gasteiger partial charge in [0.25, 0.3) is 0 Å². The smallest absolute Gasteiger partial charge is 0.221 e. The maximum Gasteiger partial charge on any atom is 0.221 e. The van der Waals surface area contributed by atoms with Gasteiger partial charge >= 0.3 is 0 Å². The van der Waals surface area contributed by atoms with Crippen molar-refractivity contribution in [1.82, 2.24) is 5.32 Å². The van der Waals surface area contributed by atoms with Crippen LogP contribution in [0, 0.1) is 5.82 Å². The summed E-state index contributed by atoms with van der Waals surface area (Å²) in [6, 6.07) is 5.89. The fourth-order valence-electron chi connectivity index (χ4n) is 1.29. The first-order valence-corrected chi connectivity index (χ1v) is 5.51. The Bertz CT molecular complexity index is 371. The molecule has 1 rings (SSSR count). The van der Waals surface area contributed by atoms with Crippen LogP contribution in [0.25, 0.3) is 0 Å². The summed E-state index contributed by atoms with van der Waals surface area (Å²) in [6.07, 6.45) is 0.0747. The summed E-state index contributed by atoms with van der Waals surface area (Å²) < 4.78 is 18.3. The zero-order valence-electron chi connectivity index (χ0n) is 9.78. The van der Waals surface area contributed by atoms with Crippen LogP contribution >= 0.6 is 0 Å². The van der Waals surface area contributed by atoms with Gasteiger partial charge < -0.3 is 15.8 Å². The van der Waals surface area contributed by atoms with E-state index in [1.165, 1.54) is 12.1 Å². The van der Waals surface area contributed by atoms with E-state index in [9.17, 15) is 9.18 Å². The highest BCUT2D eigenvalue weighted by atomic mass is 19.1. The lowest BCUT2D eigenvalue weighted by Crippen LogP contribution is -2.34. The van der Waals surface area contributed by atoms with Crippen molar-refractivity contribution >= 4 is 5.91 Å². The average Bonchev–Trinajstić information content (AvgIpc) is 2.27. The minimum Gasteiger partial charge on any atom is -0.489 e. The Morgan fingerprint density at radius 3 is 3.00 bits per heavy atom. The van der Waals surface area contributed by atoms with Crippen molar-refractivity contribution in [2.75, 3.05) is 13.1 Å². The third kappa shape index (κ3) is 5.31. The number of benzene rings is 1. The molecule has 0 saturated carbocycles. The van der Waals surface area contributed by atoms with Crippen LogP contribution in [0.5, 0.6) is 5.75 Å². The topological polar surface area (TPSA) is 64.4 Å². The highest BCUT2D eigenvalue weighted by Crippen LogP contribution is 2.13. The second-order valence-electron chi connectivity index (χ2n) is 3.73. The lowest BCUT2D eigenvalue weighted by atomic mass is 10.3. The zero-order valence-corrected chi connectivity index (χ0v) is 9.78. The summed E-state index contributed by atoms with van der Waals surface area (Å²) in [5, 5.41) is 2.68. The number of carbonyl (C=O) groups is 1. The number of hydrogen-bond donors (Lipinski definition) is 2. The first-order chi connectivity index (χ1) is 8.11. The molecule has 94 valence electrons. The number of halogens is 1. The molecule has 3 N–H and O–H groups in total. The van der Waals surface area contributed by atoms with Crippen LogP contribution in [-0.2, 0) is 4.79 Å². The van der Waals surface area contributed by atoms with Crippen molar-refractivity contribution in [3.8, 4) is 5.75 Å². The SMILES string of the molecule is CC(CNC(=O)CCN)Oc1cccc(F)c1. The van der Waals surface area contributed by atoms with Crippen molar-refractivity contribution in [3.05, 3.63) is 30.1 Å². The van der Waals surface area contributed by atoms with Gasteiger partial charge in [-0.25, -0.2) is 4.39 Å². The molecule has 0 radical (unpaired) electrons. The van der Waals surface area contributed by atoms with Gasteiger partial charge in [-0.15, -0.1) is 0 Å². The van der Waals surface area contributed by atoms with Gasteiger partial charge in [0.05, 0.1) is 6.54 Å². The van der Waals surface area contributed by atoms with Crippen LogP contribution < -0.4 is 15.8 Å². The number of ether oxygens (including phenoxy) is 1. The summed E-state index contributed by atoms with van der Waals surface area (Å²) >= 11 is 0. The Hall–Kier alpha value is -1.62. The van der Waals surface area contributed by atoms with Gasteiger partial charge in [0.2, 0.25) is 5.91 Å². The molecular weight excluding hydrogens is 223 g/mol. The molecule has 0 bridgehead atoms. The molecular formula is C12H17FN2O2. The molecule has 0 heterocycles. The van der Waals surface area contributed by atoms with Crippen molar-refractivity contribution in [2.45, 2.75) is 19.4 Å². The van der Waals surface area contributed by atoms with Crippen LogP contribution in [0.15, 0.2) is 24.3 Å². The molecule has 1 aromatic rings. The lowest BCUT2D eigenvalue weighted by Gasteiger charge is -2.15. The predicted octanol–water partition coefficient (Wildman–Crippen LogP) is 1.06. The lowest BCUT2D eigenvalue weighted by molar-refractivity contribution is -0.121. The van der Waals surface area contributed by atoms with Crippen LogP contribution in [0.1, 0.15) is 13.3 Å². The van der Waals surface area contributed by atoms with Gasteiger partial charge in [-0.1, -0.05) is 6.07 Å². The molecule has 4 nitrogen and oxygen atoms in total. The van der Waals surface area contributed by atoms with E-state index in [-0.39, 0.29) is 17.8 Å². The fourth-order valence-corrected chi connectivity index (χ4v) is 1.29. The first kappa shape index (κ1) is 13.4. The maximum absolute atomic E-state index is 12.9. The minimum atomic E-state index is -0.345. The first-order valence-electron chi connectivity index (χ1n) is 5.51. The third-order valence-corrected chi connectivity index (χ3v) is 2.09. The Balaban J connectivity index is 2.34. The average molecular weight is 240 g/mol. The van der Waals surface area contributed by atoms with E-state index in [1.54, 1.807) is 19.1 Å². The Morgan fingerprint density at radius 1 is 1.59 bits per heavy atom. The molecule has 1 aromatic carbocycles. The van der Waals surface area contributed by atoms with E-state index in [0.717, 1.165) is 0 Å². The number of nitrogens with two attached hydrogens (primary N) is 1. The summed E-state index contributed by atoms with van der Waals surface area (Å²) in [6.45, 7) is 2.49. The largest absolute Gasteiger partial charge is 0.489 e. The highest BCUT2D eigenvalue weighted by molar-refractivity contribution is 5.76. The van der Waals surface area contributed by atoms with Crippen molar-refractivity contribution in [1.29, 1.82) is 0 Å². The van der Waals surface area contributed by atoms with Crippen LogP contribution in [0.3, 0.4) is 0 Å². The molecule has 1 unspecified atom stereocenters. The normalized spacial score (nSPS) is 11.9. The van der Waals surface area contributed by atoms with Crippen LogP contribution in [0.2, 0.25) is 0 Å². The Morgan fingerprint density at radius 2 is 2.35 bits per heavy atom. The number of hydrogen-bond acceptors (Lipinski definition) is 3. The van der Waals surface area contributed by atoms with E-state index in [2.05, 4.69) is 5.32 Å². The van der Waals surface area contributed by atoms with E-state index < -0.39 is 0 Å². The number of nitrogens with one attached hydrogen (secondary N) is 1. The van der Waals surface area contributed by atoms with Gasteiger partial charge in [-0.3, -0.25) is 4.79 Å². The molecule has 0 saturated heterocycles. The van der Waals surface area contributed by atoms with Crippen LogP contribution in [-0.4, -0.2) is 25.1 Å². The van der Waals surface area contributed by atoms with Gasteiger partial charge in [-0.2, -0.15) is 0 Å². The van der Waals surface area contributed by atoms with E-state index >= 15 is 0 Å². The molecule has 17 heavy (non-hydrogen) atoms. The highest BCUT2D eigenvalue weighted by Gasteiger charge is 2.06. The van der Waals surface area contributed by atoms with Gasteiger partial charge in [0, 0.05) is 19.0 Å². The second-order valence-corrected chi connectivity index (χ2v) is 3.73. The Kier molecular flexibility index (Phi) is 5.42. The minimum absolute atomic E-state index is 0.109. The van der Waals surface area contributed by atoms with Gasteiger partial charge in [0.15, 0.2) is 0 Å². The third-order valence-electron chi connectivity index (χ3n) is 2.09. The standard InChI is InChI=1S/C12H17FN2O2/c1-9(8-15-12(16)5-6-14)17-11-4-2-3-10(13)7-11/h2-4,7,9H,5-6,8,14H2,1H3,(H,15,16). The maximum atomic E-state index is 12.9. The summed E-state index contributed by atoms with van der Waals surface area (Å²) in [7, 11) is 0. The van der Waals surface area contributed by atoms with E-state index in [1.807, 2.05) is 0 Å². The molecule has 0 spiro atoms. The van der Waals surface area contributed by atoms with Gasteiger partial charge in [-0.05, 0) is 19.1 Å². The molecule has 1 atom stereocenters. The molecule has 0 aliphatic heterocycles. The summed E-state index contributed by atoms with van der Waals surface area (Å²) in [5.74, 6) is -0.00497. The zero-order chi connectivity index (χ0) is 12.7. The molecule has 0 aliphatic rings. The molecule has 5 heteroatoms. The molecule has 1 amide bonds. The fraction of sp³-hybridized carbons (Fsp3) is 0.417. The number of amides is 1.